The van der Waals surface area contributed by atoms with Crippen molar-refractivity contribution in [2.75, 3.05) is 6.54 Å². The molecular weight excluding hydrogens is 222 g/mol. The van der Waals surface area contributed by atoms with Crippen LogP contribution in [0.25, 0.3) is 5.69 Å². The summed E-state index contributed by atoms with van der Waals surface area (Å²) in [5.74, 6) is 0. The van der Waals surface area contributed by atoms with Crippen molar-refractivity contribution in [1.29, 1.82) is 0 Å². The first-order valence-corrected chi connectivity index (χ1v) is 5.58. The maximum Gasteiger partial charge on any atom is 0.0790 e. The highest BCUT2D eigenvalue weighted by Crippen LogP contribution is 2.18. The molecule has 0 spiro atoms. The van der Waals surface area contributed by atoms with Crippen molar-refractivity contribution in [3.63, 3.8) is 0 Å². The molecule has 2 rings (SSSR count). The summed E-state index contributed by atoms with van der Waals surface area (Å²) in [7, 11) is 0. The molecule has 0 bridgehead atoms. The third kappa shape index (κ3) is 2.26. The fraction of sp³-hybridized carbons (Fsp3) is 0.250. The van der Waals surface area contributed by atoms with Gasteiger partial charge in [0.15, 0.2) is 0 Å². The first kappa shape index (κ1) is 11.2. The number of aryl methyl sites for hydroxylation is 1. The van der Waals surface area contributed by atoms with Crippen molar-refractivity contribution in [3.8, 4) is 5.69 Å². The van der Waals surface area contributed by atoms with Crippen LogP contribution in [-0.4, -0.2) is 16.3 Å². The van der Waals surface area contributed by atoms with Gasteiger partial charge in [-0.05, 0) is 31.5 Å². The van der Waals surface area contributed by atoms with Crippen LogP contribution >= 0.6 is 11.6 Å². The van der Waals surface area contributed by atoms with Gasteiger partial charge in [-0.2, -0.15) is 5.10 Å². The Morgan fingerprint density at radius 1 is 1.44 bits per heavy atom. The molecule has 0 fully saturated rings. The molecule has 1 aromatic heterocycles. The molecule has 2 N–H and O–H groups in total. The Labute approximate surface area is 99.8 Å². The van der Waals surface area contributed by atoms with Gasteiger partial charge in [0, 0.05) is 6.20 Å². The summed E-state index contributed by atoms with van der Waals surface area (Å²) >= 11 is 5.86. The SMILES string of the molecule is Cc1ccc(-n2cc(Cl)cn2)c(CCN)c1. The molecule has 4 heteroatoms. The minimum Gasteiger partial charge on any atom is -0.330 e. The minimum absolute atomic E-state index is 0.630. The molecule has 84 valence electrons. The topological polar surface area (TPSA) is 43.8 Å². The number of hydrogen-bond acceptors (Lipinski definition) is 2. The number of hydrogen-bond donors (Lipinski definition) is 1. The largest absolute Gasteiger partial charge is 0.330 e. The summed E-state index contributed by atoms with van der Waals surface area (Å²) in [6, 6.07) is 6.24. The smallest absolute Gasteiger partial charge is 0.0790 e. The van der Waals surface area contributed by atoms with E-state index < -0.39 is 0 Å². The zero-order chi connectivity index (χ0) is 11.5. The molecule has 3 nitrogen and oxygen atoms in total. The van der Waals surface area contributed by atoms with Gasteiger partial charge in [-0.15, -0.1) is 0 Å². The van der Waals surface area contributed by atoms with Gasteiger partial charge in [-0.1, -0.05) is 29.3 Å². The maximum atomic E-state index is 5.86. The van der Waals surface area contributed by atoms with Crippen LogP contribution in [0, 0.1) is 6.92 Å². The van der Waals surface area contributed by atoms with Gasteiger partial charge in [-0.3, -0.25) is 0 Å². The van der Waals surface area contributed by atoms with Crippen molar-refractivity contribution in [2.24, 2.45) is 5.73 Å². The molecule has 1 aromatic carbocycles. The van der Waals surface area contributed by atoms with Gasteiger partial charge < -0.3 is 5.73 Å². The lowest BCUT2D eigenvalue weighted by Crippen LogP contribution is -2.07. The van der Waals surface area contributed by atoms with Crippen LogP contribution in [0.3, 0.4) is 0 Å². The van der Waals surface area contributed by atoms with E-state index in [9.17, 15) is 0 Å². The second kappa shape index (κ2) is 4.68. The number of rotatable bonds is 3. The molecule has 0 radical (unpaired) electrons. The molecule has 0 atom stereocenters. The third-order valence-electron chi connectivity index (χ3n) is 2.45. The van der Waals surface area contributed by atoms with E-state index in [0.29, 0.717) is 11.6 Å². The highest BCUT2D eigenvalue weighted by molar-refractivity contribution is 6.30. The van der Waals surface area contributed by atoms with E-state index in [1.54, 1.807) is 17.1 Å². The number of nitrogens with two attached hydrogens (primary N) is 1. The Morgan fingerprint density at radius 2 is 2.25 bits per heavy atom. The average molecular weight is 236 g/mol. The number of benzene rings is 1. The molecule has 0 amide bonds. The van der Waals surface area contributed by atoms with Crippen LogP contribution in [0.15, 0.2) is 30.6 Å². The molecule has 0 saturated carbocycles. The monoisotopic (exact) mass is 235 g/mol. The molecule has 2 aromatic rings. The van der Waals surface area contributed by atoms with Gasteiger partial charge in [0.05, 0.1) is 16.9 Å². The van der Waals surface area contributed by atoms with Crippen molar-refractivity contribution in [1.82, 2.24) is 9.78 Å². The lowest BCUT2D eigenvalue weighted by Gasteiger charge is -2.09. The lowest BCUT2D eigenvalue weighted by atomic mass is 10.1. The van der Waals surface area contributed by atoms with Crippen LogP contribution in [0.5, 0.6) is 0 Å². The molecule has 0 unspecified atom stereocenters. The van der Waals surface area contributed by atoms with Crippen LogP contribution in [0.1, 0.15) is 11.1 Å². The van der Waals surface area contributed by atoms with E-state index in [1.165, 1.54) is 11.1 Å². The van der Waals surface area contributed by atoms with Crippen molar-refractivity contribution >= 4 is 11.6 Å². The fourth-order valence-electron chi connectivity index (χ4n) is 1.73. The van der Waals surface area contributed by atoms with Crippen LogP contribution < -0.4 is 5.73 Å². The van der Waals surface area contributed by atoms with Crippen molar-refractivity contribution in [3.05, 3.63) is 46.7 Å². The molecule has 0 aliphatic heterocycles. The summed E-state index contributed by atoms with van der Waals surface area (Å²) in [6.45, 7) is 2.70. The van der Waals surface area contributed by atoms with E-state index in [4.69, 9.17) is 17.3 Å². The second-order valence-corrected chi connectivity index (χ2v) is 4.21. The average Bonchev–Trinajstić information content (AvgIpc) is 2.65. The Hall–Kier alpha value is -1.32. The molecule has 1 heterocycles. The van der Waals surface area contributed by atoms with E-state index in [0.717, 1.165) is 12.1 Å². The zero-order valence-corrected chi connectivity index (χ0v) is 9.91. The van der Waals surface area contributed by atoms with Gasteiger partial charge >= 0.3 is 0 Å². The zero-order valence-electron chi connectivity index (χ0n) is 9.15. The second-order valence-electron chi connectivity index (χ2n) is 3.77. The maximum absolute atomic E-state index is 5.86. The molecular formula is C12H14ClN3. The Kier molecular flexibility index (Phi) is 3.27. The van der Waals surface area contributed by atoms with E-state index in [2.05, 4.69) is 24.2 Å². The van der Waals surface area contributed by atoms with Gasteiger partial charge in [0.1, 0.15) is 0 Å². The molecule has 0 aliphatic carbocycles. The minimum atomic E-state index is 0.630. The molecule has 0 saturated heterocycles. The summed E-state index contributed by atoms with van der Waals surface area (Å²) in [4.78, 5) is 0. The van der Waals surface area contributed by atoms with Gasteiger partial charge in [0.2, 0.25) is 0 Å². The summed E-state index contributed by atoms with van der Waals surface area (Å²) < 4.78 is 1.78. The van der Waals surface area contributed by atoms with Crippen LogP contribution in [0.4, 0.5) is 0 Å². The Morgan fingerprint density at radius 3 is 2.88 bits per heavy atom. The summed E-state index contributed by atoms with van der Waals surface area (Å²) in [5, 5.41) is 4.84. The van der Waals surface area contributed by atoms with Crippen LogP contribution in [-0.2, 0) is 6.42 Å². The van der Waals surface area contributed by atoms with E-state index in [1.807, 2.05) is 6.07 Å². The highest BCUT2D eigenvalue weighted by atomic mass is 35.5. The first-order valence-electron chi connectivity index (χ1n) is 5.21. The lowest BCUT2D eigenvalue weighted by molar-refractivity contribution is 0.849. The summed E-state index contributed by atoms with van der Waals surface area (Å²) in [6.07, 6.45) is 4.27. The fourth-order valence-corrected chi connectivity index (χ4v) is 1.86. The van der Waals surface area contributed by atoms with Crippen LogP contribution in [0.2, 0.25) is 5.02 Å². The normalized spacial score (nSPS) is 10.7. The standard InChI is InChI=1S/C12H14ClN3/c1-9-2-3-12(10(6-9)4-5-14)16-8-11(13)7-15-16/h2-3,6-8H,4-5,14H2,1H3. The number of nitrogens with zero attached hydrogens (tertiary/aromatic N) is 2. The number of halogens is 1. The first-order chi connectivity index (χ1) is 7.70. The Bertz CT molecular complexity index is 491. The predicted octanol–water partition coefficient (Wildman–Crippen LogP) is 2.34. The molecule has 0 aliphatic rings. The van der Waals surface area contributed by atoms with E-state index in [-0.39, 0.29) is 0 Å². The van der Waals surface area contributed by atoms with Gasteiger partial charge in [0.25, 0.3) is 0 Å². The quantitative estimate of drug-likeness (QED) is 0.888. The van der Waals surface area contributed by atoms with Crippen molar-refractivity contribution in [2.45, 2.75) is 13.3 Å². The number of aromatic nitrogens is 2. The predicted molar refractivity (Wildman–Crippen MR) is 66.1 cm³/mol. The van der Waals surface area contributed by atoms with E-state index >= 15 is 0 Å². The summed E-state index contributed by atoms with van der Waals surface area (Å²) in [5.41, 5.74) is 9.08. The van der Waals surface area contributed by atoms with Crippen molar-refractivity contribution < 1.29 is 0 Å². The third-order valence-corrected chi connectivity index (χ3v) is 2.64. The molecule has 16 heavy (non-hydrogen) atoms. The Balaban J connectivity index is 2.47. The highest BCUT2D eigenvalue weighted by Gasteiger charge is 2.05. The van der Waals surface area contributed by atoms with Gasteiger partial charge in [-0.25, -0.2) is 4.68 Å².